The fourth-order valence-electron chi connectivity index (χ4n) is 1.53. The van der Waals surface area contributed by atoms with Gasteiger partial charge in [-0.05, 0) is 13.8 Å². The maximum atomic E-state index is 11.7. The highest BCUT2D eigenvalue weighted by Crippen LogP contribution is 2.03. The Labute approximate surface area is 90.5 Å². The second kappa shape index (κ2) is 6.76. The predicted octanol–water partition coefficient (Wildman–Crippen LogP) is -0.484. The van der Waals surface area contributed by atoms with Gasteiger partial charge in [0, 0.05) is 19.7 Å². The Hall–Kier alpha value is -0.650. The number of carbonyl (C=O) groups excluding carboxylic acids is 1. The Morgan fingerprint density at radius 1 is 1.67 bits per heavy atom. The van der Waals surface area contributed by atoms with E-state index in [-0.39, 0.29) is 18.1 Å². The van der Waals surface area contributed by atoms with Gasteiger partial charge in [0.2, 0.25) is 5.91 Å². The standard InChI is InChI=1S/C10H20N2O3/c1-3-14-6-4-12-10(13)9-8(2)15-7-5-11-9/h8-9,11H,3-7H2,1-2H3,(H,12,13)/t8-,9+/m1/s1. The molecule has 0 spiro atoms. The summed E-state index contributed by atoms with van der Waals surface area (Å²) >= 11 is 0. The summed E-state index contributed by atoms with van der Waals surface area (Å²) in [5, 5.41) is 5.94. The van der Waals surface area contributed by atoms with E-state index < -0.39 is 0 Å². The monoisotopic (exact) mass is 216 g/mol. The van der Waals surface area contributed by atoms with Crippen LogP contribution in [-0.2, 0) is 14.3 Å². The van der Waals surface area contributed by atoms with Gasteiger partial charge in [-0.15, -0.1) is 0 Å². The van der Waals surface area contributed by atoms with Crippen molar-refractivity contribution in [2.45, 2.75) is 26.0 Å². The first-order chi connectivity index (χ1) is 7.25. The molecular weight excluding hydrogens is 196 g/mol. The molecule has 2 atom stereocenters. The average Bonchev–Trinajstić information content (AvgIpc) is 2.25. The third kappa shape index (κ3) is 4.15. The van der Waals surface area contributed by atoms with Crippen LogP contribution in [0.25, 0.3) is 0 Å². The lowest BCUT2D eigenvalue weighted by atomic mass is 10.1. The summed E-state index contributed by atoms with van der Waals surface area (Å²) in [5.41, 5.74) is 0. The summed E-state index contributed by atoms with van der Waals surface area (Å²) in [7, 11) is 0. The quantitative estimate of drug-likeness (QED) is 0.609. The first kappa shape index (κ1) is 12.4. The van der Waals surface area contributed by atoms with Gasteiger partial charge in [-0.1, -0.05) is 0 Å². The Morgan fingerprint density at radius 3 is 3.13 bits per heavy atom. The number of nitrogens with one attached hydrogen (secondary N) is 2. The molecule has 1 aliphatic rings. The highest BCUT2D eigenvalue weighted by Gasteiger charge is 2.27. The maximum Gasteiger partial charge on any atom is 0.239 e. The minimum atomic E-state index is -0.236. The number of amides is 1. The lowest BCUT2D eigenvalue weighted by molar-refractivity contribution is -0.129. The minimum absolute atomic E-state index is 0.0121. The topological polar surface area (TPSA) is 59.6 Å². The SMILES string of the molecule is CCOCCNC(=O)[C@H]1NCCO[C@@H]1C. The molecule has 0 aromatic heterocycles. The third-order valence-electron chi connectivity index (χ3n) is 2.35. The molecule has 0 aliphatic carbocycles. The lowest BCUT2D eigenvalue weighted by Gasteiger charge is -2.29. The third-order valence-corrected chi connectivity index (χ3v) is 2.35. The van der Waals surface area contributed by atoms with Crippen LogP contribution >= 0.6 is 0 Å². The average molecular weight is 216 g/mol. The second-order valence-corrected chi connectivity index (χ2v) is 3.50. The van der Waals surface area contributed by atoms with E-state index in [1.54, 1.807) is 0 Å². The van der Waals surface area contributed by atoms with Crippen molar-refractivity contribution in [2.75, 3.05) is 32.9 Å². The van der Waals surface area contributed by atoms with Gasteiger partial charge in [0.1, 0.15) is 6.04 Å². The number of rotatable bonds is 5. The van der Waals surface area contributed by atoms with E-state index in [0.29, 0.717) is 26.4 Å². The molecule has 1 rings (SSSR count). The number of hydrogen-bond donors (Lipinski definition) is 2. The van der Waals surface area contributed by atoms with Gasteiger partial charge < -0.3 is 20.1 Å². The summed E-state index contributed by atoms with van der Waals surface area (Å²) in [5.74, 6) is -0.0121. The van der Waals surface area contributed by atoms with Gasteiger partial charge >= 0.3 is 0 Å². The normalized spacial score (nSPS) is 26.3. The summed E-state index contributed by atoms with van der Waals surface area (Å²) in [6, 6.07) is -0.236. The van der Waals surface area contributed by atoms with Crippen LogP contribution < -0.4 is 10.6 Å². The molecule has 1 fully saturated rings. The van der Waals surface area contributed by atoms with Crippen molar-refractivity contribution in [3.8, 4) is 0 Å². The van der Waals surface area contributed by atoms with Crippen molar-refractivity contribution >= 4 is 5.91 Å². The van der Waals surface area contributed by atoms with Crippen molar-refractivity contribution in [2.24, 2.45) is 0 Å². The van der Waals surface area contributed by atoms with Crippen LogP contribution in [0.5, 0.6) is 0 Å². The van der Waals surface area contributed by atoms with Crippen LogP contribution in [0.1, 0.15) is 13.8 Å². The van der Waals surface area contributed by atoms with Crippen molar-refractivity contribution in [1.29, 1.82) is 0 Å². The molecule has 0 radical (unpaired) electrons. The van der Waals surface area contributed by atoms with Crippen molar-refractivity contribution < 1.29 is 14.3 Å². The molecule has 1 aliphatic heterocycles. The number of ether oxygens (including phenoxy) is 2. The fraction of sp³-hybridized carbons (Fsp3) is 0.900. The molecule has 0 unspecified atom stereocenters. The molecule has 5 nitrogen and oxygen atoms in total. The number of hydrogen-bond acceptors (Lipinski definition) is 4. The van der Waals surface area contributed by atoms with Crippen LogP contribution in [-0.4, -0.2) is 51.0 Å². The van der Waals surface area contributed by atoms with E-state index in [0.717, 1.165) is 6.54 Å². The number of morpholine rings is 1. The molecule has 0 aromatic carbocycles. The molecule has 1 amide bonds. The van der Waals surface area contributed by atoms with Crippen LogP contribution in [0.2, 0.25) is 0 Å². The highest BCUT2D eigenvalue weighted by molar-refractivity contribution is 5.82. The Bertz CT molecular complexity index is 199. The zero-order valence-electron chi connectivity index (χ0n) is 9.41. The summed E-state index contributed by atoms with van der Waals surface area (Å²) in [6.45, 7) is 7.02. The smallest absolute Gasteiger partial charge is 0.239 e. The van der Waals surface area contributed by atoms with Crippen LogP contribution in [0.15, 0.2) is 0 Å². The maximum absolute atomic E-state index is 11.7. The van der Waals surface area contributed by atoms with E-state index in [1.165, 1.54) is 0 Å². The van der Waals surface area contributed by atoms with E-state index in [9.17, 15) is 4.79 Å². The molecule has 1 heterocycles. The van der Waals surface area contributed by atoms with Crippen LogP contribution in [0.3, 0.4) is 0 Å². The molecular formula is C10H20N2O3. The highest BCUT2D eigenvalue weighted by atomic mass is 16.5. The zero-order valence-corrected chi connectivity index (χ0v) is 9.41. The largest absolute Gasteiger partial charge is 0.380 e. The lowest BCUT2D eigenvalue weighted by Crippen LogP contribution is -2.55. The molecule has 1 saturated heterocycles. The Morgan fingerprint density at radius 2 is 2.47 bits per heavy atom. The van der Waals surface area contributed by atoms with E-state index in [2.05, 4.69) is 10.6 Å². The molecule has 0 bridgehead atoms. The summed E-state index contributed by atoms with van der Waals surface area (Å²) in [6.07, 6.45) is -0.0640. The molecule has 0 saturated carbocycles. The van der Waals surface area contributed by atoms with Crippen molar-refractivity contribution in [3.63, 3.8) is 0 Å². The second-order valence-electron chi connectivity index (χ2n) is 3.50. The molecule has 88 valence electrons. The summed E-state index contributed by atoms with van der Waals surface area (Å²) < 4.78 is 10.5. The van der Waals surface area contributed by atoms with Gasteiger partial charge in [-0.3, -0.25) is 4.79 Å². The molecule has 5 heteroatoms. The van der Waals surface area contributed by atoms with Gasteiger partial charge in [0.15, 0.2) is 0 Å². The van der Waals surface area contributed by atoms with Gasteiger partial charge in [-0.2, -0.15) is 0 Å². The molecule has 15 heavy (non-hydrogen) atoms. The predicted molar refractivity (Wildman–Crippen MR) is 56.7 cm³/mol. The Balaban J connectivity index is 2.20. The minimum Gasteiger partial charge on any atom is -0.380 e. The van der Waals surface area contributed by atoms with Gasteiger partial charge in [-0.25, -0.2) is 0 Å². The van der Waals surface area contributed by atoms with E-state index >= 15 is 0 Å². The number of carbonyl (C=O) groups is 1. The van der Waals surface area contributed by atoms with Crippen LogP contribution in [0.4, 0.5) is 0 Å². The Kier molecular flexibility index (Phi) is 5.60. The fourth-order valence-corrected chi connectivity index (χ4v) is 1.53. The van der Waals surface area contributed by atoms with Gasteiger partial charge in [0.25, 0.3) is 0 Å². The van der Waals surface area contributed by atoms with E-state index in [4.69, 9.17) is 9.47 Å². The summed E-state index contributed by atoms with van der Waals surface area (Å²) in [4.78, 5) is 11.7. The van der Waals surface area contributed by atoms with E-state index in [1.807, 2.05) is 13.8 Å². The van der Waals surface area contributed by atoms with Crippen molar-refractivity contribution in [1.82, 2.24) is 10.6 Å². The first-order valence-electron chi connectivity index (χ1n) is 5.46. The zero-order chi connectivity index (χ0) is 11.1. The van der Waals surface area contributed by atoms with Crippen LogP contribution in [0, 0.1) is 0 Å². The van der Waals surface area contributed by atoms with Crippen molar-refractivity contribution in [3.05, 3.63) is 0 Å². The molecule has 2 N–H and O–H groups in total. The molecule has 0 aromatic rings. The van der Waals surface area contributed by atoms with Gasteiger partial charge in [0.05, 0.1) is 19.3 Å². The first-order valence-corrected chi connectivity index (χ1v) is 5.46.